The van der Waals surface area contributed by atoms with Gasteiger partial charge in [0.05, 0.1) is 18.4 Å². The third-order valence-corrected chi connectivity index (χ3v) is 4.10. The second kappa shape index (κ2) is 10.0. The van der Waals surface area contributed by atoms with E-state index in [2.05, 4.69) is 15.6 Å². The number of pyridine rings is 1. The number of amides is 2. The van der Waals surface area contributed by atoms with Crippen LogP contribution in [0.25, 0.3) is 0 Å². The van der Waals surface area contributed by atoms with Crippen LogP contribution in [-0.4, -0.2) is 30.5 Å². The monoisotopic (exact) mass is 409 g/mol. The lowest BCUT2D eigenvalue weighted by Crippen LogP contribution is -2.25. The van der Waals surface area contributed by atoms with Crippen molar-refractivity contribution in [3.8, 4) is 11.6 Å². The fraction of sp³-hybridized carbons (Fsp3) is 0.136. The quantitative estimate of drug-likeness (QED) is 0.597. The number of nitrogens with one attached hydrogen (secondary N) is 2. The average molecular weight is 409 g/mol. The summed E-state index contributed by atoms with van der Waals surface area (Å²) in [6.07, 6.45) is 1.59. The van der Waals surface area contributed by atoms with Crippen LogP contribution < -0.4 is 20.1 Å². The summed E-state index contributed by atoms with van der Waals surface area (Å²) in [7, 11) is 1.51. The highest BCUT2D eigenvalue weighted by Crippen LogP contribution is 2.19. The van der Waals surface area contributed by atoms with Gasteiger partial charge in [-0.15, -0.1) is 0 Å². The molecule has 0 aliphatic heterocycles. The van der Waals surface area contributed by atoms with Gasteiger partial charge in [0, 0.05) is 18.8 Å². The number of nitrogens with zero attached hydrogens (tertiary/aromatic N) is 1. The number of hydrogen-bond acceptors (Lipinski definition) is 5. The molecule has 0 spiro atoms. The summed E-state index contributed by atoms with van der Waals surface area (Å²) in [5.74, 6) is -0.759. The molecule has 2 aromatic carbocycles. The van der Waals surface area contributed by atoms with Crippen LogP contribution in [0.1, 0.15) is 15.9 Å². The molecule has 3 aromatic rings. The first-order chi connectivity index (χ1) is 14.6. The Labute approximate surface area is 172 Å². The van der Waals surface area contributed by atoms with Crippen LogP contribution in [0.2, 0.25) is 0 Å². The SMILES string of the molecule is COc1cc(CNC(=O)c2ccccc2OCC(=O)Nc2ccccc2F)ccn1. The van der Waals surface area contributed by atoms with E-state index in [9.17, 15) is 14.0 Å². The van der Waals surface area contributed by atoms with E-state index in [0.29, 0.717) is 5.88 Å². The number of halogens is 1. The van der Waals surface area contributed by atoms with Crippen molar-refractivity contribution in [3.63, 3.8) is 0 Å². The molecule has 0 fully saturated rings. The number of benzene rings is 2. The normalized spacial score (nSPS) is 10.2. The predicted octanol–water partition coefficient (Wildman–Crippen LogP) is 3.18. The largest absolute Gasteiger partial charge is 0.483 e. The highest BCUT2D eigenvalue weighted by Gasteiger charge is 2.14. The van der Waals surface area contributed by atoms with Crippen LogP contribution in [0.4, 0.5) is 10.1 Å². The van der Waals surface area contributed by atoms with E-state index < -0.39 is 11.7 Å². The summed E-state index contributed by atoms with van der Waals surface area (Å²) < 4.78 is 24.2. The number of ether oxygens (including phenoxy) is 2. The number of hydrogen-bond donors (Lipinski definition) is 2. The Bertz CT molecular complexity index is 1040. The van der Waals surface area contributed by atoms with Gasteiger partial charge in [-0.3, -0.25) is 9.59 Å². The molecule has 3 rings (SSSR count). The van der Waals surface area contributed by atoms with Crippen molar-refractivity contribution in [2.24, 2.45) is 0 Å². The van der Waals surface area contributed by atoms with E-state index in [0.717, 1.165) is 5.56 Å². The zero-order valence-electron chi connectivity index (χ0n) is 16.2. The van der Waals surface area contributed by atoms with E-state index in [1.807, 2.05) is 0 Å². The van der Waals surface area contributed by atoms with Crippen LogP contribution in [0, 0.1) is 5.82 Å². The molecular formula is C22H20FN3O4. The van der Waals surface area contributed by atoms with Gasteiger partial charge in [0.1, 0.15) is 11.6 Å². The Morgan fingerprint density at radius 3 is 2.63 bits per heavy atom. The van der Waals surface area contributed by atoms with Crippen molar-refractivity contribution < 1.29 is 23.5 Å². The highest BCUT2D eigenvalue weighted by molar-refractivity contribution is 5.97. The summed E-state index contributed by atoms with van der Waals surface area (Å²) in [5, 5.41) is 5.22. The number of rotatable bonds is 8. The van der Waals surface area contributed by atoms with Crippen LogP contribution in [-0.2, 0) is 11.3 Å². The smallest absolute Gasteiger partial charge is 0.262 e. The Hall–Kier alpha value is -3.94. The summed E-state index contributed by atoms with van der Waals surface area (Å²) in [6.45, 7) is -0.111. The summed E-state index contributed by atoms with van der Waals surface area (Å²) in [5.41, 5.74) is 1.15. The number of anilines is 1. The van der Waals surface area contributed by atoms with Crippen molar-refractivity contribution in [2.45, 2.75) is 6.54 Å². The summed E-state index contributed by atoms with van der Waals surface area (Å²) >= 11 is 0. The molecule has 0 saturated heterocycles. The van der Waals surface area contributed by atoms with E-state index in [1.165, 1.54) is 25.3 Å². The zero-order valence-corrected chi connectivity index (χ0v) is 16.2. The molecular weight excluding hydrogens is 389 g/mol. The van der Waals surface area contributed by atoms with E-state index >= 15 is 0 Å². The van der Waals surface area contributed by atoms with Gasteiger partial charge >= 0.3 is 0 Å². The number of aromatic nitrogens is 1. The van der Waals surface area contributed by atoms with Crippen molar-refractivity contribution >= 4 is 17.5 Å². The lowest BCUT2D eigenvalue weighted by Gasteiger charge is -2.12. The molecule has 0 aliphatic rings. The second-order valence-corrected chi connectivity index (χ2v) is 6.20. The molecule has 2 N–H and O–H groups in total. The van der Waals surface area contributed by atoms with Gasteiger partial charge in [-0.05, 0) is 35.9 Å². The third-order valence-electron chi connectivity index (χ3n) is 4.10. The van der Waals surface area contributed by atoms with Crippen molar-refractivity contribution in [2.75, 3.05) is 19.0 Å². The maximum Gasteiger partial charge on any atom is 0.262 e. The number of carbonyl (C=O) groups excluding carboxylic acids is 2. The van der Waals surface area contributed by atoms with Crippen molar-refractivity contribution in [1.82, 2.24) is 10.3 Å². The van der Waals surface area contributed by atoms with E-state index in [1.54, 1.807) is 48.7 Å². The van der Waals surface area contributed by atoms with Gasteiger partial charge in [0.2, 0.25) is 5.88 Å². The minimum atomic E-state index is -0.543. The van der Waals surface area contributed by atoms with Crippen molar-refractivity contribution in [1.29, 1.82) is 0 Å². The molecule has 2 amide bonds. The maximum atomic E-state index is 13.6. The fourth-order valence-electron chi connectivity index (χ4n) is 2.62. The molecule has 8 heteroatoms. The Balaban J connectivity index is 1.60. The highest BCUT2D eigenvalue weighted by atomic mass is 19.1. The van der Waals surface area contributed by atoms with Gasteiger partial charge in [-0.2, -0.15) is 0 Å². The third kappa shape index (κ3) is 5.54. The van der Waals surface area contributed by atoms with Crippen molar-refractivity contribution in [3.05, 3.63) is 83.8 Å². The topological polar surface area (TPSA) is 89.5 Å². The van der Waals surface area contributed by atoms with Gasteiger partial charge in [0.15, 0.2) is 6.61 Å². The fourth-order valence-corrected chi connectivity index (χ4v) is 2.62. The van der Waals surface area contributed by atoms with Gasteiger partial charge in [0.25, 0.3) is 11.8 Å². The van der Waals surface area contributed by atoms with Crippen LogP contribution in [0.3, 0.4) is 0 Å². The molecule has 154 valence electrons. The molecule has 1 aromatic heterocycles. The predicted molar refractivity (Wildman–Crippen MR) is 109 cm³/mol. The molecule has 0 radical (unpaired) electrons. The Kier molecular flexibility index (Phi) is 6.94. The van der Waals surface area contributed by atoms with Crippen LogP contribution >= 0.6 is 0 Å². The molecule has 0 aliphatic carbocycles. The number of carbonyl (C=O) groups is 2. The van der Waals surface area contributed by atoms with E-state index in [-0.39, 0.29) is 36.1 Å². The average Bonchev–Trinajstić information content (AvgIpc) is 2.78. The Morgan fingerprint density at radius 2 is 1.83 bits per heavy atom. The lowest BCUT2D eigenvalue weighted by atomic mass is 10.2. The first-order valence-corrected chi connectivity index (χ1v) is 9.10. The lowest BCUT2D eigenvalue weighted by molar-refractivity contribution is -0.118. The van der Waals surface area contributed by atoms with Crippen LogP contribution in [0.15, 0.2) is 66.9 Å². The molecule has 0 atom stereocenters. The zero-order chi connectivity index (χ0) is 21.3. The minimum Gasteiger partial charge on any atom is -0.483 e. The molecule has 7 nitrogen and oxygen atoms in total. The molecule has 0 unspecified atom stereocenters. The van der Waals surface area contributed by atoms with E-state index in [4.69, 9.17) is 9.47 Å². The molecule has 1 heterocycles. The summed E-state index contributed by atoms with van der Waals surface area (Å²) in [4.78, 5) is 28.7. The number of para-hydroxylation sites is 2. The molecule has 30 heavy (non-hydrogen) atoms. The molecule has 0 bridgehead atoms. The van der Waals surface area contributed by atoms with Gasteiger partial charge in [-0.1, -0.05) is 24.3 Å². The number of methoxy groups -OCH3 is 1. The second-order valence-electron chi connectivity index (χ2n) is 6.20. The Morgan fingerprint density at radius 1 is 1.07 bits per heavy atom. The van der Waals surface area contributed by atoms with Crippen LogP contribution in [0.5, 0.6) is 11.6 Å². The first kappa shape index (κ1) is 20.8. The maximum absolute atomic E-state index is 13.6. The van der Waals surface area contributed by atoms with Gasteiger partial charge in [-0.25, -0.2) is 9.37 Å². The van der Waals surface area contributed by atoms with Gasteiger partial charge < -0.3 is 20.1 Å². The first-order valence-electron chi connectivity index (χ1n) is 9.10. The minimum absolute atomic E-state index is 0.0601. The molecule has 0 saturated carbocycles. The standard InChI is InChI=1S/C22H20FN3O4/c1-29-21-12-15(10-11-24-21)13-25-22(28)16-6-2-5-9-19(16)30-14-20(27)26-18-8-4-3-7-17(18)23/h2-12H,13-14H2,1H3,(H,25,28)(H,26,27). The summed E-state index contributed by atoms with van der Waals surface area (Å²) in [6, 6.07) is 15.9.